The minimum atomic E-state index is -0.434. The van der Waals surface area contributed by atoms with E-state index in [-0.39, 0.29) is 11.8 Å². The van der Waals surface area contributed by atoms with Gasteiger partial charge in [-0.05, 0) is 74.4 Å². The highest BCUT2D eigenvalue weighted by Gasteiger charge is 2.44. The molecule has 0 bridgehead atoms. The Morgan fingerprint density at radius 2 is 1.74 bits per heavy atom. The second-order valence-corrected chi connectivity index (χ2v) is 12.4. The van der Waals surface area contributed by atoms with E-state index in [1.807, 2.05) is 102 Å². The summed E-state index contributed by atoms with van der Waals surface area (Å²) < 4.78 is 24.5. The number of hydrogen-bond donors (Lipinski definition) is 1. The van der Waals surface area contributed by atoms with Gasteiger partial charge in [0.05, 0.1) is 44.2 Å². The van der Waals surface area contributed by atoms with E-state index < -0.39 is 5.41 Å². The quantitative estimate of drug-likeness (QED) is 0.184. The van der Waals surface area contributed by atoms with E-state index in [1.54, 1.807) is 14.2 Å². The number of benzene rings is 3. The van der Waals surface area contributed by atoms with Gasteiger partial charge in [-0.25, -0.2) is 9.67 Å². The van der Waals surface area contributed by atoms with Crippen molar-refractivity contribution in [1.82, 2.24) is 19.7 Å². The number of anilines is 1. The van der Waals surface area contributed by atoms with Crippen molar-refractivity contribution in [3.05, 3.63) is 96.3 Å². The summed E-state index contributed by atoms with van der Waals surface area (Å²) in [4.78, 5) is 20.3. The van der Waals surface area contributed by atoms with Crippen LogP contribution in [0.3, 0.4) is 0 Å². The smallest absolute Gasteiger partial charge is 0.233 e. The standard InChI is InChI=1S/C37H39N5O5/c1-37(23-46-24-37)36(43)41-19-7-8-26(22-41)33-31-17-18-38-35(39-21-25-11-14-30(44-2)20-32(25)45-3)34(31)42(40-33)27-12-15-29(16-13-27)47-28-9-5-4-6-10-28/h4-6,9-18,20,26H,7-8,19,21-24H2,1-3H3,(H,38,39). The van der Waals surface area contributed by atoms with Crippen LogP contribution in [0.25, 0.3) is 16.6 Å². The fraction of sp³-hybridized carbons (Fsp3) is 0.324. The van der Waals surface area contributed by atoms with Gasteiger partial charge in [-0.3, -0.25) is 4.79 Å². The number of piperidine rings is 1. The maximum absolute atomic E-state index is 13.5. The fourth-order valence-corrected chi connectivity index (χ4v) is 6.46. The van der Waals surface area contributed by atoms with Crippen molar-refractivity contribution in [3.8, 4) is 28.7 Å². The van der Waals surface area contributed by atoms with E-state index in [2.05, 4.69) is 5.32 Å². The molecule has 1 N–H and O–H groups in total. The monoisotopic (exact) mass is 633 g/mol. The van der Waals surface area contributed by atoms with E-state index in [9.17, 15) is 4.79 Å². The maximum atomic E-state index is 13.5. The molecule has 1 unspecified atom stereocenters. The van der Waals surface area contributed by atoms with Crippen LogP contribution in [0, 0.1) is 5.41 Å². The molecule has 0 aliphatic carbocycles. The Kier molecular flexibility index (Phi) is 8.43. The van der Waals surface area contributed by atoms with Crippen molar-refractivity contribution in [1.29, 1.82) is 0 Å². The average molecular weight is 634 g/mol. The highest BCUT2D eigenvalue weighted by molar-refractivity contribution is 5.92. The van der Waals surface area contributed by atoms with Gasteiger partial charge < -0.3 is 29.2 Å². The molecule has 242 valence electrons. The summed E-state index contributed by atoms with van der Waals surface area (Å²) >= 11 is 0. The van der Waals surface area contributed by atoms with Gasteiger partial charge >= 0.3 is 0 Å². The maximum Gasteiger partial charge on any atom is 0.233 e. The van der Waals surface area contributed by atoms with Gasteiger partial charge in [-0.2, -0.15) is 5.10 Å². The molecule has 1 atom stereocenters. The lowest BCUT2D eigenvalue weighted by Gasteiger charge is -2.42. The van der Waals surface area contributed by atoms with Crippen molar-refractivity contribution >= 4 is 22.6 Å². The van der Waals surface area contributed by atoms with Crippen LogP contribution in [0.15, 0.2) is 85.1 Å². The number of methoxy groups -OCH3 is 2. The topological polar surface area (TPSA) is 100.0 Å². The second kappa shape index (κ2) is 13.0. The predicted molar refractivity (Wildman–Crippen MR) is 180 cm³/mol. The van der Waals surface area contributed by atoms with Gasteiger partial charge in [-0.15, -0.1) is 0 Å². The molecule has 1 amide bonds. The zero-order valence-corrected chi connectivity index (χ0v) is 26.9. The molecule has 2 aromatic heterocycles. The highest BCUT2D eigenvalue weighted by atomic mass is 16.5. The first-order chi connectivity index (χ1) is 23.0. The molecule has 2 fully saturated rings. The summed E-state index contributed by atoms with van der Waals surface area (Å²) in [5, 5.41) is 9.81. The summed E-state index contributed by atoms with van der Waals surface area (Å²) in [6.07, 6.45) is 3.68. The first-order valence-corrected chi connectivity index (χ1v) is 16.0. The lowest BCUT2D eigenvalue weighted by molar-refractivity contribution is -0.169. The number of rotatable bonds is 10. The number of fused-ring (bicyclic) bond motifs is 1. The van der Waals surface area contributed by atoms with Crippen LogP contribution in [0.4, 0.5) is 5.82 Å². The molecule has 2 saturated heterocycles. The molecule has 2 aliphatic heterocycles. The van der Waals surface area contributed by atoms with E-state index in [0.717, 1.165) is 70.2 Å². The van der Waals surface area contributed by atoms with E-state index in [1.165, 1.54) is 0 Å². The van der Waals surface area contributed by atoms with Crippen molar-refractivity contribution in [2.45, 2.75) is 32.2 Å². The minimum Gasteiger partial charge on any atom is -0.497 e. The van der Waals surface area contributed by atoms with Crippen LogP contribution >= 0.6 is 0 Å². The van der Waals surface area contributed by atoms with Gasteiger partial charge in [0.1, 0.15) is 28.5 Å². The Labute approximate surface area is 274 Å². The molecule has 0 spiro atoms. The molecule has 10 nitrogen and oxygen atoms in total. The molecule has 4 heterocycles. The summed E-state index contributed by atoms with van der Waals surface area (Å²) in [6, 6.07) is 25.4. The van der Waals surface area contributed by atoms with Crippen molar-refractivity contribution in [2.24, 2.45) is 5.41 Å². The summed E-state index contributed by atoms with van der Waals surface area (Å²) in [6.45, 7) is 4.82. The third-order valence-electron chi connectivity index (χ3n) is 9.07. The SMILES string of the molecule is COc1ccc(CNc2nccc3c(C4CCCN(C(=O)C5(C)COC5)C4)nn(-c4ccc(Oc5ccccc5)cc4)c23)c(OC)c1. The van der Waals surface area contributed by atoms with Crippen molar-refractivity contribution in [3.63, 3.8) is 0 Å². The molecule has 2 aliphatic rings. The van der Waals surface area contributed by atoms with Crippen LogP contribution in [0.1, 0.15) is 36.9 Å². The number of pyridine rings is 1. The number of nitrogens with one attached hydrogen (secondary N) is 1. The normalized spacial score (nSPS) is 17.2. The first kappa shape index (κ1) is 30.6. The molecular weight excluding hydrogens is 594 g/mol. The molecule has 0 radical (unpaired) electrons. The van der Waals surface area contributed by atoms with Crippen LogP contribution in [-0.4, -0.2) is 66.1 Å². The number of para-hydroxylation sites is 1. The number of ether oxygens (including phenoxy) is 4. The molecule has 10 heteroatoms. The van der Waals surface area contributed by atoms with Gasteiger partial charge in [0, 0.05) is 48.8 Å². The van der Waals surface area contributed by atoms with Gasteiger partial charge in [-0.1, -0.05) is 18.2 Å². The number of hydrogen-bond acceptors (Lipinski definition) is 8. The van der Waals surface area contributed by atoms with E-state index in [4.69, 9.17) is 29.0 Å². The van der Waals surface area contributed by atoms with E-state index in [0.29, 0.717) is 32.1 Å². The van der Waals surface area contributed by atoms with Crippen LogP contribution in [-0.2, 0) is 16.1 Å². The zero-order valence-electron chi connectivity index (χ0n) is 26.9. The third-order valence-corrected chi connectivity index (χ3v) is 9.07. The average Bonchev–Trinajstić information content (AvgIpc) is 3.50. The minimum absolute atomic E-state index is 0.0821. The molecule has 0 saturated carbocycles. The third kappa shape index (κ3) is 6.08. The predicted octanol–water partition coefficient (Wildman–Crippen LogP) is 6.58. The van der Waals surface area contributed by atoms with E-state index >= 15 is 0 Å². The lowest BCUT2D eigenvalue weighted by Crippen LogP contribution is -2.55. The van der Waals surface area contributed by atoms with Crippen LogP contribution < -0.4 is 19.5 Å². The Morgan fingerprint density at radius 3 is 2.47 bits per heavy atom. The molecule has 47 heavy (non-hydrogen) atoms. The molecular formula is C37H39N5O5. The number of carbonyl (C=O) groups is 1. The Hall–Kier alpha value is -5.09. The second-order valence-electron chi connectivity index (χ2n) is 12.4. The molecule has 5 aromatic rings. The number of aromatic nitrogens is 3. The Morgan fingerprint density at radius 1 is 0.979 bits per heavy atom. The van der Waals surface area contributed by atoms with Gasteiger partial charge in [0.25, 0.3) is 0 Å². The van der Waals surface area contributed by atoms with Gasteiger partial charge in [0.15, 0.2) is 5.82 Å². The Balaban J connectivity index is 1.24. The number of likely N-dealkylation sites (tertiary alicyclic amines) is 1. The summed E-state index contributed by atoms with van der Waals surface area (Å²) in [5.74, 6) is 3.91. The lowest BCUT2D eigenvalue weighted by atomic mass is 9.85. The summed E-state index contributed by atoms with van der Waals surface area (Å²) in [5.41, 5.74) is 3.24. The Bertz CT molecular complexity index is 1870. The van der Waals surface area contributed by atoms with Crippen LogP contribution in [0.5, 0.6) is 23.0 Å². The number of amides is 1. The molecule has 3 aromatic carbocycles. The summed E-state index contributed by atoms with van der Waals surface area (Å²) in [7, 11) is 3.29. The van der Waals surface area contributed by atoms with Gasteiger partial charge in [0.2, 0.25) is 5.91 Å². The molecule has 7 rings (SSSR count). The number of nitrogens with zero attached hydrogens (tertiary/aromatic N) is 4. The first-order valence-electron chi connectivity index (χ1n) is 16.0. The van der Waals surface area contributed by atoms with Crippen molar-refractivity contribution < 1.29 is 23.7 Å². The zero-order chi connectivity index (χ0) is 32.4. The fourth-order valence-electron chi connectivity index (χ4n) is 6.46. The highest BCUT2D eigenvalue weighted by Crippen LogP contribution is 2.38. The number of carbonyl (C=O) groups excluding carboxylic acids is 1. The van der Waals surface area contributed by atoms with Crippen LogP contribution in [0.2, 0.25) is 0 Å². The largest absolute Gasteiger partial charge is 0.497 e. The van der Waals surface area contributed by atoms with Crippen molar-refractivity contribution in [2.75, 3.05) is 45.8 Å².